The second kappa shape index (κ2) is 7.86. The van der Waals surface area contributed by atoms with Gasteiger partial charge in [-0.3, -0.25) is 4.79 Å². The first-order valence-corrected chi connectivity index (χ1v) is 9.00. The Balaban J connectivity index is 2.24. The van der Waals surface area contributed by atoms with E-state index < -0.39 is 29.7 Å². The number of fused-ring (bicyclic) bond motifs is 1. The fourth-order valence-electron chi connectivity index (χ4n) is 2.60. The number of carbonyl (C=O) groups is 4. The van der Waals surface area contributed by atoms with Crippen LogP contribution in [0.5, 0.6) is 0 Å². The highest BCUT2D eigenvalue weighted by molar-refractivity contribution is 7.11. The summed E-state index contributed by atoms with van der Waals surface area (Å²) in [6.45, 7) is 0. The lowest BCUT2D eigenvalue weighted by atomic mass is 10.0. The van der Waals surface area contributed by atoms with Crippen molar-refractivity contribution in [3.8, 4) is 0 Å². The number of halogens is 2. The molecule has 0 atom stereocenters. The van der Waals surface area contributed by atoms with Crippen LogP contribution in [0.2, 0.25) is 5.02 Å². The van der Waals surface area contributed by atoms with Gasteiger partial charge in [0, 0.05) is 17.7 Å². The Bertz CT molecular complexity index is 1110. The molecule has 0 unspecified atom stereocenters. The van der Waals surface area contributed by atoms with Gasteiger partial charge in [0.2, 0.25) is 0 Å². The van der Waals surface area contributed by atoms with Gasteiger partial charge in [0.15, 0.2) is 5.76 Å². The number of hydrogen-bond donors (Lipinski definition) is 2. The lowest BCUT2D eigenvalue weighted by Gasteiger charge is -2.12. The van der Waals surface area contributed by atoms with Gasteiger partial charge in [-0.1, -0.05) is 17.7 Å². The SMILES string of the molecule is NC(=O)N1C(=O)/C(=C(\OC(=O)/C=C/C(=O)O)c2cccs2)c2cc(F)c(Cl)cc21. The van der Waals surface area contributed by atoms with Gasteiger partial charge in [-0.05, 0) is 23.6 Å². The molecule has 148 valence electrons. The van der Waals surface area contributed by atoms with Crippen molar-refractivity contribution in [2.24, 2.45) is 5.73 Å². The Morgan fingerprint density at radius 1 is 1.28 bits per heavy atom. The first kappa shape index (κ1) is 20.2. The summed E-state index contributed by atoms with van der Waals surface area (Å²) in [5, 5.41) is 9.93. The van der Waals surface area contributed by atoms with Crippen LogP contribution in [0.15, 0.2) is 41.8 Å². The third-order valence-corrected chi connectivity index (χ3v) is 4.88. The molecule has 0 radical (unpaired) electrons. The summed E-state index contributed by atoms with van der Waals surface area (Å²) in [6, 6.07) is 3.96. The van der Waals surface area contributed by atoms with Crippen LogP contribution in [-0.4, -0.2) is 29.0 Å². The number of anilines is 1. The molecule has 3 N–H and O–H groups in total. The average molecular weight is 437 g/mol. The lowest BCUT2D eigenvalue weighted by molar-refractivity contribution is -0.134. The number of rotatable bonds is 4. The number of nitrogens with two attached hydrogens (primary N) is 1. The molecule has 0 spiro atoms. The summed E-state index contributed by atoms with van der Waals surface area (Å²) >= 11 is 6.86. The van der Waals surface area contributed by atoms with Crippen LogP contribution in [0.25, 0.3) is 11.3 Å². The number of hydrogen-bond acceptors (Lipinski definition) is 6. The highest BCUT2D eigenvalue weighted by Gasteiger charge is 2.40. The number of imide groups is 1. The normalized spacial score (nSPS) is 14.8. The topological polar surface area (TPSA) is 127 Å². The van der Waals surface area contributed by atoms with Crippen molar-refractivity contribution in [3.05, 3.63) is 63.1 Å². The maximum atomic E-state index is 14.1. The van der Waals surface area contributed by atoms with Crippen molar-refractivity contribution in [3.63, 3.8) is 0 Å². The van der Waals surface area contributed by atoms with Gasteiger partial charge >= 0.3 is 18.0 Å². The molecular formula is C18H10ClFN2O6S. The fourth-order valence-corrected chi connectivity index (χ4v) is 3.47. The van der Waals surface area contributed by atoms with E-state index in [1.165, 1.54) is 6.07 Å². The summed E-state index contributed by atoms with van der Waals surface area (Å²) in [4.78, 5) is 48.3. The molecular weight excluding hydrogens is 427 g/mol. The molecule has 0 fully saturated rings. The molecule has 1 aliphatic rings. The molecule has 8 nitrogen and oxygen atoms in total. The van der Waals surface area contributed by atoms with Gasteiger partial charge in [-0.15, -0.1) is 11.3 Å². The first-order chi connectivity index (χ1) is 13.7. The smallest absolute Gasteiger partial charge is 0.336 e. The zero-order valence-electron chi connectivity index (χ0n) is 14.2. The number of benzene rings is 1. The Morgan fingerprint density at radius 2 is 2.00 bits per heavy atom. The largest absolute Gasteiger partial charge is 0.478 e. The molecule has 1 aromatic carbocycles. The fraction of sp³-hybridized carbons (Fsp3) is 0. The molecule has 0 saturated heterocycles. The predicted molar refractivity (Wildman–Crippen MR) is 102 cm³/mol. The minimum Gasteiger partial charge on any atom is -0.478 e. The zero-order chi connectivity index (χ0) is 21.3. The summed E-state index contributed by atoms with van der Waals surface area (Å²) < 4.78 is 19.3. The summed E-state index contributed by atoms with van der Waals surface area (Å²) in [7, 11) is 0. The third kappa shape index (κ3) is 3.89. The minimum absolute atomic E-state index is 0.0610. The van der Waals surface area contributed by atoms with E-state index in [-0.39, 0.29) is 27.6 Å². The zero-order valence-corrected chi connectivity index (χ0v) is 15.8. The van der Waals surface area contributed by atoms with Crippen LogP contribution in [-0.2, 0) is 19.1 Å². The van der Waals surface area contributed by atoms with E-state index in [4.69, 9.17) is 27.2 Å². The van der Waals surface area contributed by atoms with E-state index in [0.717, 1.165) is 23.5 Å². The maximum Gasteiger partial charge on any atom is 0.336 e. The number of carboxylic acid groups (broad SMARTS) is 1. The number of nitrogens with zero attached hydrogens (tertiary/aromatic N) is 1. The molecule has 0 aliphatic carbocycles. The average Bonchev–Trinajstić information content (AvgIpc) is 3.25. The van der Waals surface area contributed by atoms with Crippen molar-refractivity contribution in [1.82, 2.24) is 0 Å². The summed E-state index contributed by atoms with van der Waals surface area (Å²) in [5.41, 5.74) is 4.85. The number of urea groups is 1. The van der Waals surface area contributed by atoms with Crippen molar-refractivity contribution in [1.29, 1.82) is 0 Å². The van der Waals surface area contributed by atoms with Gasteiger partial charge in [-0.2, -0.15) is 0 Å². The predicted octanol–water partition coefficient (Wildman–Crippen LogP) is 3.02. The van der Waals surface area contributed by atoms with Crippen molar-refractivity contribution >= 4 is 63.8 Å². The Kier molecular flexibility index (Phi) is 5.48. The Morgan fingerprint density at radius 3 is 2.59 bits per heavy atom. The molecule has 2 aromatic rings. The standard InChI is InChI=1S/C18H10ClFN2O6S/c19-9-7-11-8(6-10(9)20)15(17(26)22(11)18(21)27)16(12-2-1-5-29-12)28-14(25)4-3-13(23)24/h1-7H,(H2,21,27)(H,23,24)/b4-3+,16-15-. The second-order valence-electron chi connectivity index (χ2n) is 5.54. The molecule has 29 heavy (non-hydrogen) atoms. The number of thiophene rings is 1. The van der Waals surface area contributed by atoms with Gasteiger partial charge < -0.3 is 15.6 Å². The van der Waals surface area contributed by atoms with Gasteiger partial charge in [-0.25, -0.2) is 23.7 Å². The highest BCUT2D eigenvalue weighted by Crippen LogP contribution is 2.43. The number of esters is 1. The summed E-state index contributed by atoms with van der Waals surface area (Å²) in [5.74, 6) is -4.58. The van der Waals surface area contributed by atoms with Crippen LogP contribution < -0.4 is 10.6 Å². The number of primary amides is 1. The molecule has 3 amide bonds. The van der Waals surface area contributed by atoms with E-state index in [1.807, 2.05) is 0 Å². The first-order valence-electron chi connectivity index (χ1n) is 7.75. The van der Waals surface area contributed by atoms with E-state index >= 15 is 0 Å². The van der Waals surface area contributed by atoms with E-state index in [0.29, 0.717) is 21.9 Å². The van der Waals surface area contributed by atoms with Crippen LogP contribution in [0.1, 0.15) is 10.4 Å². The van der Waals surface area contributed by atoms with Crippen LogP contribution >= 0.6 is 22.9 Å². The van der Waals surface area contributed by atoms with Crippen LogP contribution in [0.4, 0.5) is 14.9 Å². The van der Waals surface area contributed by atoms with Crippen LogP contribution in [0, 0.1) is 5.82 Å². The van der Waals surface area contributed by atoms with E-state index in [1.54, 1.807) is 11.4 Å². The number of carboxylic acids is 1. The number of aliphatic carboxylic acids is 1. The number of carbonyl (C=O) groups excluding carboxylic acids is 3. The van der Waals surface area contributed by atoms with Gasteiger partial charge in [0.25, 0.3) is 5.91 Å². The van der Waals surface area contributed by atoms with Crippen LogP contribution in [0.3, 0.4) is 0 Å². The van der Waals surface area contributed by atoms with E-state index in [2.05, 4.69) is 0 Å². The molecule has 0 saturated carbocycles. The minimum atomic E-state index is -1.38. The molecule has 1 aliphatic heterocycles. The molecule has 3 rings (SSSR count). The molecule has 1 aromatic heterocycles. The number of amides is 3. The maximum absolute atomic E-state index is 14.1. The molecule has 11 heteroatoms. The second-order valence-corrected chi connectivity index (χ2v) is 6.89. The Labute approximate surface area is 171 Å². The Hall–Kier alpha value is -3.50. The molecule has 0 bridgehead atoms. The number of ether oxygens (including phenoxy) is 1. The van der Waals surface area contributed by atoms with Crippen molar-refractivity contribution in [2.45, 2.75) is 0 Å². The lowest BCUT2D eigenvalue weighted by Crippen LogP contribution is -2.38. The van der Waals surface area contributed by atoms with Gasteiger partial charge in [0.05, 0.1) is 21.2 Å². The molecule has 2 heterocycles. The van der Waals surface area contributed by atoms with Gasteiger partial charge in [0.1, 0.15) is 5.82 Å². The summed E-state index contributed by atoms with van der Waals surface area (Å²) in [6.07, 6.45) is 1.20. The monoisotopic (exact) mass is 436 g/mol. The van der Waals surface area contributed by atoms with E-state index in [9.17, 15) is 23.6 Å². The van der Waals surface area contributed by atoms with Crippen molar-refractivity contribution in [2.75, 3.05) is 4.90 Å². The third-order valence-electron chi connectivity index (χ3n) is 3.72. The quantitative estimate of drug-likeness (QED) is 0.431. The van der Waals surface area contributed by atoms with Crippen molar-refractivity contribution < 1.29 is 33.4 Å². The highest BCUT2D eigenvalue weighted by atomic mass is 35.5.